The molecular formula is C20H25BrN2O. The molecule has 0 fully saturated rings. The van der Waals surface area contributed by atoms with Gasteiger partial charge in [-0.1, -0.05) is 64.5 Å². The van der Waals surface area contributed by atoms with Crippen molar-refractivity contribution >= 4 is 21.8 Å². The van der Waals surface area contributed by atoms with Crippen LogP contribution in [-0.2, 0) is 4.79 Å². The van der Waals surface area contributed by atoms with Gasteiger partial charge in [0, 0.05) is 23.6 Å². The molecule has 0 aliphatic carbocycles. The maximum absolute atomic E-state index is 13.0. The Morgan fingerprint density at radius 3 is 2.21 bits per heavy atom. The second-order valence-electron chi connectivity index (χ2n) is 5.76. The number of benzene rings is 2. The molecular weight excluding hydrogens is 364 g/mol. The normalized spacial score (nSPS) is 13.3. The van der Waals surface area contributed by atoms with Gasteiger partial charge >= 0.3 is 0 Å². The zero-order chi connectivity index (χ0) is 17.5. The van der Waals surface area contributed by atoms with Gasteiger partial charge in [-0.05, 0) is 38.0 Å². The van der Waals surface area contributed by atoms with Crippen LogP contribution in [0, 0.1) is 0 Å². The fraction of sp³-hybridized carbons (Fsp3) is 0.350. The number of carbonyl (C=O) groups is 1. The van der Waals surface area contributed by atoms with Crippen LogP contribution in [0.15, 0.2) is 59.1 Å². The Labute approximate surface area is 153 Å². The molecule has 2 unspecified atom stereocenters. The molecule has 2 atom stereocenters. The summed E-state index contributed by atoms with van der Waals surface area (Å²) in [5.41, 5.74) is 2.14. The summed E-state index contributed by atoms with van der Waals surface area (Å²) in [5, 5.41) is 3.52. The zero-order valence-corrected chi connectivity index (χ0v) is 16.1. The van der Waals surface area contributed by atoms with Crippen molar-refractivity contribution in [2.75, 3.05) is 13.1 Å². The van der Waals surface area contributed by atoms with Gasteiger partial charge in [0.05, 0.1) is 0 Å². The fourth-order valence-corrected chi connectivity index (χ4v) is 3.47. The first-order valence-electron chi connectivity index (χ1n) is 8.42. The molecule has 2 aromatic rings. The quantitative estimate of drug-likeness (QED) is 0.744. The molecule has 0 radical (unpaired) electrons. The number of rotatable bonds is 7. The molecule has 0 aliphatic rings. The highest BCUT2D eigenvalue weighted by atomic mass is 79.9. The second kappa shape index (κ2) is 9.00. The van der Waals surface area contributed by atoms with Gasteiger partial charge in [0.15, 0.2) is 0 Å². The van der Waals surface area contributed by atoms with E-state index in [-0.39, 0.29) is 18.0 Å². The Balaban J connectivity index is 2.29. The highest BCUT2D eigenvalue weighted by Gasteiger charge is 2.26. The third-order valence-electron chi connectivity index (χ3n) is 4.24. The minimum Gasteiger partial charge on any atom is -0.342 e. The Morgan fingerprint density at radius 2 is 1.62 bits per heavy atom. The Hall–Kier alpha value is -1.65. The van der Waals surface area contributed by atoms with Gasteiger partial charge in [-0.25, -0.2) is 0 Å². The number of amides is 1. The topological polar surface area (TPSA) is 32.3 Å². The summed E-state index contributed by atoms with van der Waals surface area (Å²) < 4.78 is 1.05. The number of hydrogen-bond acceptors (Lipinski definition) is 2. The molecule has 0 saturated heterocycles. The van der Waals surface area contributed by atoms with Crippen LogP contribution in [0.4, 0.5) is 0 Å². The SMILES string of the molecule is CCN(CC)C(=O)C(NC(C)c1ccccc1Br)c1ccccc1. The smallest absolute Gasteiger partial charge is 0.244 e. The minimum atomic E-state index is -0.354. The van der Waals surface area contributed by atoms with E-state index < -0.39 is 0 Å². The standard InChI is InChI=1S/C20H25BrN2O/c1-4-23(5-2)20(24)19(16-11-7-6-8-12-16)22-15(3)17-13-9-10-14-18(17)21/h6-15,19,22H,4-5H2,1-3H3. The van der Waals surface area contributed by atoms with Crippen molar-refractivity contribution in [3.05, 3.63) is 70.2 Å². The van der Waals surface area contributed by atoms with E-state index in [2.05, 4.69) is 34.2 Å². The third kappa shape index (κ3) is 4.46. The Morgan fingerprint density at radius 1 is 1.04 bits per heavy atom. The molecule has 3 nitrogen and oxygen atoms in total. The van der Waals surface area contributed by atoms with Crippen molar-refractivity contribution in [1.29, 1.82) is 0 Å². The summed E-state index contributed by atoms with van der Waals surface area (Å²) in [6.07, 6.45) is 0. The summed E-state index contributed by atoms with van der Waals surface area (Å²) in [7, 11) is 0. The summed E-state index contributed by atoms with van der Waals surface area (Å²) in [6.45, 7) is 7.54. The molecule has 2 rings (SSSR count). The number of halogens is 1. The Bertz CT molecular complexity index is 656. The van der Waals surface area contributed by atoms with Crippen molar-refractivity contribution in [3.8, 4) is 0 Å². The van der Waals surface area contributed by atoms with Crippen molar-refractivity contribution in [1.82, 2.24) is 10.2 Å². The van der Waals surface area contributed by atoms with Crippen LogP contribution in [0.3, 0.4) is 0 Å². The first kappa shape index (κ1) is 18.7. The molecule has 24 heavy (non-hydrogen) atoms. The second-order valence-corrected chi connectivity index (χ2v) is 6.62. The minimum absolute atomic E-state index is 0.0466. The van der Waals surface area contributed by atoms with Crippen LogP contribution in [-0.4, -0.2) is 23.9 Å². The molecule has 0 spiro atoms. The van der Waals surface area contributed by atoms with E-state index in [4.69, 9.17) is 0 Å². The van der Waals surface area contributed by atoms with Gasteiger partial charge in [0.1, 0.15) is 6.04 Å². The van der Waals surface area contributed by atoms with Gasteiger partial charge < -0.3 is 4.90 Å². The van der Waals surface area contributed by atoms with Crippen molar-refractivity contribution in [2.45, 2.75) is 32.9 Å². The lowest BCUT2D eigenvalue weighted by Gasteiger charge is -2.29. The lowest BCUT2D eigenvalue weighted by atomic mass is 10.0. The zero-order valence-electron chi connectivity index (χ0n) is 14.5. The number of carbonyl (C=O) groups excluding carboxylic acids is 1. The van der Waals surface area contributed by atoms with Crippen molar-refractivity contribution in [3.63, 3.8) is 0 Å². The van der Waals surface area contributed by atoms with Gasteiger partial charge in [0.25, 0.3) is 0 Å². The van der Waals surface area contributed by atoms with E-state index in [1.54, 1.807) is 0 Å². The van der Waals surface area contributed by atoms with Crippen LogP contribution in [0.1, 0.15) is 44.0 Å². The van der Waals surface area contributed by atoms with Gasteiger partial charge in [0.2, 0.25) is 5.91 Å². The van der Waals surface area contributed by atoms with Crippen LogP contribution >= 0.6 is 15.9 Å². The van der Waals surface area contributed by atoms with Gasteiger partial charge in [-0.2, -0.15) is 0 Å². The van der Waals surface area contributed by atoms with E-state index in [0.717, 1.165) is 15.6 Å². The molecule has 128 valence electrons. The number of hydrogen-bond donors (Lipinski definition) is 1. The monoisotopic (exact) mass is 388 g/mol. The van der Waals surface area contributed by atoms with E-state index >= 15 is 0 Å². The molecule has 4 heteroatoms. The first-order chi connectivity index (χ1) is 11.6. The predicted molar refractivity (Wildman–Crippen MR) is 103 cm³/mol. The average Bonchev–Trinajstić information content (AvgIpc) is 2.61. The lowest BCUT2D eigenvalue weighted by molar-refractivity contribution is -0.133. The highest BCUT2D eigenvalue weighted by molar-refractivity contribution is 9.10. The molecule has 0 saturated carbocycles. The van der Waals surface area contributed by atoms with E-state index in [1.807, 2.05) is 67.3 Å². The highest BCUT2D eigenvalue weighted by Crippen LogP contribution is 2.26. The molecule has 0 aliphatic heterocycles. The van der Waals surface area contributed by atoms with Gasteiger partial charge in [-0.3, -0.25) is 10.1 Å². The summed E-state index contributed by atoms with van der Waals surface area (Å²) >= 11 is 3.60. The summed E-state index contributed by atoms with van der Waals surface area (Å²) in [5.74, 6) is 0.116. The largest absolute Gasteiger partial charge is 0.342 e. The summed E-state index contributed by atoms with van der Waals surface area (Å²) in [6, 6.07) is 17.7. The van der Waals surface area contributed by atoms with Gasteiger partial charge in [-0.15, -0.1) is 0 Å². The molecule has 1 amide bonds. The van der Waals surface area contributed by atoms with Crippen molar-refractivity contribution in [2.24, 2.45) is 0 Å². The number of nitrogens with one attached hydrogen (secondary N) is 1. The molecule has 2 aromatic carbocycles. The van der Waals surface area contributed by atoms with Crippen LogP contribution in [0.25, 0.3) is 0 Å². The lowest BCUT2D eigenvalue weighted by Crippen LogP contribution is -2.41. The van der Waals surface area contributed by atoms with Crippen molar-refractivity contribution < 1.29 is 4.79 Å². The molecule has 1 N–H and O–H groups in total. The number of nitrogens with zero attached hydrogens (tertiary/aromatic N) is 1. The third-order valence-corrected chi connectivity index (χ3v) is 4.97. The van der Waals surface area contributed by atoms with E-state index in [0.29, 0.717) is 13.1 Å². The maximum Gasteiger partial charge on any atom is 0.244 e. The fourth-order valence-electron chi connectivity index (χ4n) is 2.84. The predicted octanol–water partition coefficient (Wildman–Crippen LogP) is 4.71. The van der Waals surface area contributed by atoms with Crippen LogP contribution in [0.5, 0.6) is 0 Å². The van der Waals surface area contributed by atoms with Crippen LogP contribution < -0.4 is 5.32 Å². The average molecular weight is 389 g/mol. The summed E-state index contributed by atoms with van der Waals surface area (Å²) in [4.78, 5) is 14.9. The first-order valence-corrected chi connectivity index (χ1v) is 9.22. The molecule has 0 aromatic heterocycles. The molecule has 0 bridgehead atoms. The maximum atomic E-state index is 13.0. The number of likely N-dealkylation sites (N-methyl/N-ethyl adjacent to an activating group) is 1. The van der Waals surface area contributed by atoms with E-state index in [1.165, 1.54) is 0 Å². The molecule has 0 heterocycles. The van der Waals surface area contributed by atoms with E-state index in [9.17, 15) is 4.79 Å². The van der Waals surface area contributed by atoms with Crippen LogP contribution in [0.2, 0.25) is 0 Å². The Kier molecular flexibility index (Phi) is 7.00.